The lowest BCUT2D eigenvalue weighted by Gasteiger charge is -2.62. The summed E-state index contributed by atoms with van der Waals surface area (Å²) in [5.41, 5.74) is -11.2. The first-order valence-electron chi connectivity index (χ1n) is 15.1. The van der Waals surface area contributed by atoms with Crippen LogP contribution in [0.5, 0.6) is 0 Å². The van der Waals surface area contributed by atoms with Crippen molar-refractivity contribution in [3.8, 4) is 0 Å². The molecule has 2 aliphatic heterocycles. The Morgan fingerprint density at radius 3 is 1.64 bits per heavy atom. The average molecular weight is 850 g/mol. The minimum absolute atomic E-state index is 0.300. The summed E-state index contributed by atoms with van der Waals surface area (Å²) in [6.07, 6.45) is -17.8. The molecule has 1 unspecified atom stereocenters. The quantitative estimate of drug-likeness (QED) is 0.0837. The SMILES string of the molecule is CC(=O)OC[C@H]1O[C@@H]([C@]2(O)[C@@H](C(O)C(C)=O)O[C@H](OCC(CBr)CBr)[C@@](O)(C(C)=O)[C@]2(O)C(C)=O)[C@H](OC(C)=O)[C@@H](OC(C)=O)[C@H]1OC(C)=O. The van der Waals surface area contributed by atoms with Crippen LogP contribution in [0.2, 0.25) is 0 Å². The highest BCUT2D eigenvalue weighted by molar-refractivity contribution is 9.09. The molecule has 4 N–H and O–H groups in total. The second kappa shape index (κ2) is 17.4. The lowest BCUT2D eigenvalue weighted by molar-refractivity contribution is -0.412. The van der Waals surface area contributed by atoms with Crippen LogP contribution >= 0.6 is 31.9 Å². The fourth-order valence-corrected chi connectivity index (χ4v) is 7.43. The van der Waals surface area contributed by atoms with Gasteiger partial charge in [-0.25, -0.2) is 0 Å². The molecule has 0 bridgehead atoms. The second-order valence-corrected chi connectivity index (χ2v) is 13.3. The molecule has 2 heterocycles. The molecular formula is C30H42Br2O18. The van der Waals surface area contributed by atoms with E-state index in [1.807, 2.05) is 0 Å². The molecule has 0 aromatic heterocycles. The van der Waals surface area contributed by atoms with Gasteiger partial charge < -0.3 is 53.6 Å². The van der Waals surface area contributed by atoms with Crippen LogP contribution in [0.1, 0.15) is 48.5 Å². The third-order valence-electron chi connectivity index (χ3n) is 8.27. The van der Waals surface area contributed by atoms with Crippen molar-refractivity contribution >= 4 is 73.1 Å². The zero-order chi connectivity index (χ0) is 38.5. The Labute approximate surface area is 303 Å². The number of hydrogen-bond donors (Lipinski definition) is 4. The molecule has 50 heavy (non-hydrogen) atoms. The van der Waals surface area contributed by atoms with Crippen molar-refractivity contribution in [2.24, 2.45) is 5.92 Å². The number of carbonyl (C=O) groups is 7. The highest BCUT2D eigenvalue weighted by Crippen LogP contribution is 2.52. The van der Waals surface area contributed by atoms with Crippen LogP contribution in [0.4, 0.5) is 0 Å². The predicted molar refractivity (Wildman–Crippen MR) is 171 cm³/mol. The summed E-state index contributed by atoms with van der Waals surface area (Å²) < 4.78 is 38.6. The Bertz CT molecular complexity index is 1320. The molecule has 2 aliphatic rings. The van der Waals surface area contributed by atoms with E-state index in [0.29, 0.717) is 17.6 Å². The first-order chi connectivity index (χ1) is 23.0. The third kappa shape index (κ3) is 8.44. The van der Waals surface area contributed by atoms with Crippen LogP contribution in [0.25, 0.3) is 0 Å². The topological polar surface area (TPSA) is 265 Å². The summed E-state index contributed by atoms with van der Waals surface area (Å²) in [7, 11) is 0. The van der Waals surface area contributed by atoms with Crippen LogP contribution in [-0.2, 0) is 66.7 Å². The maximum Gasteiger partial charge on any atom is 0.303 e. The molecule has 0 radical (unpaired) electrons. The van der Waals surface area contributed by atoms with Gasteiger partial charge in [0.25, 0.3) is 0 Å². The van der Waals surface area contributed by atoms with Gasteiger partial charge in [-0.1, -0.05) is 31.9 Å². The van der Waals surface area contributed by atoms with Crippen LogP contribution < -0.4 is 0 Å². The molecule has 0 aromatic carbocycles. The monoisotopic (exact) mass is 848 g/mol. The van der Waals surface area contributed by atoms with E-state index in [2.05, 4.69) is 31.9 Å². The fraction of sp³-hybridized carbons (Fsp3) is 0.767. The molecule has 18 nitrogen and oxygen atoms in total. The summed E-state index contributed by atoms with van der Waals surface area (Å²) in [6, 6.07) is 0. The van der Waals surface area contributed by atoms with Crippen LogP contribution in [0.15, 0.2) is 0 Å². The number of rotatable bonds is 15. The molecule has 2 rings (SSSR count). The summed E-state index contributed by atoms with van der Waals surface area (Å²) in [4.78, 5) is 88.9. The molecule has 0 spiro atoms. The van der Waals surface area contributed by atoms with Crippen LogP contribution in [0, 0.1) is 5.92 Å². The second-order valence-electron chi connectivity index (χ2n) is 12.0. The van der Waals surface area contributed by atoms with Gasteiger partial charge in [0.15, 0.2) is 53.2 Å². The molecular weight excluding hydrogens is 808 g/mol. The van der Waals surface area contributed by atoms with Gasteiger partial charge in [0.2, 0.25) is 5.60 Å². The molecule has 0 saturated carbocycles. The van der Waals surface area contributed by atoms with E-state index in [-0.39, 0.29) is 12.5 Å². The zero-order valence-corrected chi connectivity index (χ0v) is 31.5. The van der Waals surface area contributed by atoms with E-state index in [0.717, 1.165) is 41.5 Å². The van der Waals surface area contributed by atoms with Crippen molar-refractivity contribution in [3.05, 3.63) is 0 Å². The van der Waals surface area contributed by atoms with Crippen molar-refractivity contribution in [1.82, 2.24) is 0 Å². The fourth-order valence-electron chi connectivity index (χ4n) is 5.98. The van der Waals surface area contributed by atoms with Gasteiger partial charge in [-0.15, -0.1) is 0 Å². The van der Waals surface area contributed by atoms with Gasteiger partial charge in [0.05, 0.1) is 6.61 Å². The maximum atomic E-state index is 13.7. The molecule has 11 atom stereocenters. The Kier molecular flexibility index (Phi) is 15.2. The Morgan fingerprint density at radius 2 is 1.22 bits per heavy atom. The number of hydrogen-bond acceptors (Lipinski definition) is 18. The van der Waals surface area contributed by atoms with Gasteiger partial charge in [-0.2, -0.15) is 0 Å². The minimum Gasteiger partial charge on any atom is -0.463 e. The van der Waals surface area contributed by atoms with Crippen molar-refractivity contribution in [1.29, 1.82) is 0 Å². The lowest BCUT2D eigenvalue weighted by atomic mass is 9.58. The summed E-state index contributed by atoms with van der Waals surface area (Å²) >= 11 is 6.52. The van der Waals surface area contributed by atoms with Crippen molar-refractivity contribution in [3.63, 3.8) is 0 Å². The van der Waals surface area contributed by atoms with Crippen LogP contribution in [-0.4, -0.2) is 151 Å². The smallest absolute Gasteiger partial charge is 0.303 e. The van der Waals surface area contributed by atoms with Gasteiger partial charge >= 0.3 is 23.9 Å². The van der Waals surface area contributed by atoms with Gasteiger partial charge in [-0.3, -0.25) is 33.6 Å². The number of esters is 4. The average Bonchev–Trinajstić information content (AvgIpc) is 3.00. The standard InChI is InChI=1S/C30H42Br2O18/c1-12(33)21(40)25-29(42,30(43,14(3)35)28(41,13(2)34)27(50-25)45-10-19(8-31)9-32)26-24(48-18(7)39)23(47-17(6)38)22(46-16(5)37)20(49-26)11-44-15(4)36/h19-27,40-43H,8-11H2,1-7H3/t20-,21?,22+,23+,24-,25-,26-,27+,28+,29-,30-/m1/s1. The number of carbonyl (C=O) groups excluding carboxylic acids is 7. The number of ether oxygens (including phenoxy) is 7. The largest absolute Gasteiger partial charge is 0.463 e. The van der Waals surface area contributed by atoms with E-state index in [1.54, 1.807) is 0 Å². The zero-order valence-electron chi connectivity index (χ0n) is 28.3. The van der Waals surface area contributed by atoms with E-state index in [4.69, 9.17) is 33.2 Å². The van der Waals surface area contributed by atoms with Crippen molar-refractivity contribution in [2.45, 2.75) is 114 Å². The number of aliphatic hydroxyl groups is 4. The van der Waals surface area contributed by atoms with E-state index in [1.165, 1.54) is 0 Å². The normalized spacial score (nSPS) is 34.6. The first kappa shape index (κ1) is 43.7. The van der Waals surface area contributed by atoms with E-state index in [9.17, 15) is 54.0 Å². The first-order valence-corrected chi connectivity index (χ1v) is 17.4. The molecule has 2 fully saturated rings. The Balaban J connectivity index is 3.11. The van der Waals surface area contributed by atoms with Gasteiger partial charge in [0.1, 0.15) is 31.0 Å². The molecule has 0 aliphatic carbocycles. The van der Waals surface area contributed by atoms with Gasteiger partial charge in [-0.05, 0) is 20.8 Å². The number of alkyl halides is 2. The van der Waals surface area contributed by atoms with E-state index < -0.39 is 114 Å². The number of ketones is 3. The number of halogens is 2. The summed E-state index contributed by atoms with van der Waals surface area (Å²) in [5.74, 6) is -8.69. The lowest BCUT2D eigenvalue weighted by Crippen LogP contribution is -2.90. The molecule has 2 saturated heterocycles. The Hall–Kier alpha value is -2.43. The van der Waals surface area contributed by atoms with E-state index >= 15 is 0 Å². The van der Waals surface area contributed by atoms with Crippen LogP contribution in [0.3, 0.4) is 0 Å². The predicted octanol–water partition coefficient (Wildman–Crippen LogP) is -1.42. The molecule has 0 aromatic rings. The summed E-state index contributed by atoms with van der Waals surface area (Å²) in [6.45, 7) is 4.72. The summed E-state index contributed by atoms with van der Waals surface area (Å²) in [5, 5.41) is 49.4. The maximum absolute atomic E-state index is 13.7. The Morgan fingerprint density at radius 1 is 0.720 bits per heavy atom. The molecule has 0 amide bonds. The number of Topliss-reactive ketones (excluding diaryl/α,β-unsaturated/α-hetero) is 3. The minimum atomic E-state index is -3.88. The van der Waals surface area contributed by atoms with Crippen molar-refractivity contribution < 1.29 is 87.1 Å². The van der Waals surface area contributed by atoms with Gasteiger partial charge in [0, 0.05) is 44.3 Å². The highest BCUT2D eigenvalue weighted by atomic mass is 79.9. The number of aliphatic hydroxyl groups excluding tert-OH is 1. The molecule has 20 heteroatoms. The highest BCUT2D eigenvalue weighted by Gasteiger charge is 2.82. The van der Waals surface area contributed by atoms with Crippen molar-refractivity contribution in [2.75, 3.05) is 23.9 Å². The molecule has 284 valence electrons. The third-order valence-corrected chi connectivity index (χ3v) is 10.1.